The number of imide groups is 1. The fraction of sp³-hybridized carbons (Fsp3) is 0.643. The van der Waals surface area contributed by atoms with Crippen LogP contribution in [0.2, 0.25) is 0 Å². The van der Waals surface area contributed by atoms with Crippen molar-refractivity contribution >= 4 is 29.7 Å². The quantitative estimate of drug-likeness (QED) is 0.391. The minimum absolute atomic E-state index is 0.00415. The number of nitrogen functional groups attached to an aromatic ring is 1. The minimum Gasteiger partial charge on any atom is -0.445 e. The molecule has 3 fully saturated rings. The number of primary amides is 1. The average molecular weight is 558 g/mol. The molecule has 0 unspecified atom stereocenters. The number of aliphatic hydroxyl groups excluding tert-OH is 1. The molecule has 0 radical (unpaired) electrons. The van der Waals surface area contributed by atoms with Gasteiger partial charge in [-0.05, 0) is 42.9 Å². The molecule has 218 valence electrons. The summed E-state index contributed by atoms with van der Waals surface area (Å²) in [6.45, 7) is 11.5. The highest BCUT2D eigenvalue weighted by atomic mass is 16.6. The Morgan fingerprint density at radius 1 is 1.25 bits per heavy atom. The lowest BCUT2D eigenvalue weighted by Crippen LogP contribution is -2.63. The van der Waals surface area contributed by atoms with Crippen LogP contribution in [0.1, 0.15) is 76.0 Å². The standard InChI is InChI=1S/C28H39N5O7/c1-6-26(4)11-18(27(5)14(2)7-9-28(15(3)21(26)35)10-8-17(34)20(27)28)40-25(38)33-24(37)39-13-19-31-12-16(23(30)36)22(29)32-19/h6,12,14-15,18,20-21,35H,1,7-11,13H2,2-5H3,(H2,30,36)(H2,29,31,32)(H,33,37,38)/t14-,15+,18-,20+,21+,26-,27+,28+/m1/s1. The molecule has 0 aliphatic heterocycles. The molecule has 1 aromatic heterocycles. The van der Waals surface area contributed by atoms with Gasteiger partial charge in [0.05, 0.1) is 11.7 Å². The lowest BCUT2D eigenvalue weighted by molar-refractivity contribution is -0.191. The van der Waals surface area contributed by atoms with E-state index in [4.69, 9.17) is 20.9 Å². The monoisotopic (exact) mass is 557 g/mol. The number of hydrogen-bond donors (Lipinski definition) is 4. The summed E-state index contributed by atoms with van der Waals surface area (Å²) in [5, 5.41) is 13.6. The molecule has 0 saturated heterocycles. The maximum Gasteiger partial charge on any atom is 0.417 e. The second kappa shape index (κ2) is 10.5. The SMILES string of the molecule is C=C[C@]1(C)C[C@@H](OC(=O)NC(=O)OCc2ncc(C(N)=O)c(N)n2)[C@]2(C)[C@H](C)CC[C@]3(CCC(=O)[C@H]32)[C@@H](C)[C@@H]1O. The van der Waals surface area contributed by atoms with Gasteiger partial charge >= 0.3 is 12.2 Å². The summed E-state index contributed by atoms with van der Waals surface area (Å²) in [4.78, 5) is 57.9. The first-order valence-corrected chi connectivity index (χ1v) is 13.6. The maximum absolute atomic E-state index is 13.4. The van der Waals surface area contributed by atoms with E-state index in [0.29, 0.717) is 12.8 Å². The Labute approximate surface area is 233 Å². The zero-order valence-electron chi connectivity index (χ0n) is 23.4. The van der Waals surface area contributed by atoms with Crippen LogP contribution >= 0.6 is 0 Å². The van der Waals surface area contributed by atoms with Crippen LogP contribution < -0.4 is 16.8 Å². The van der Waals surface area contributed by atoms with Crippen molar-refractivity contribution in [3.63, 3.8) is 0 Å². The van der Waals surface area contributed by atoms with Gasteiger partial charge in [-0.1, -0.05) is 33.8 Å². The van der Waals surface area contributed by atoms with Crippen molar-refractivity contribution in [2.24, 2.45) is 39.7 Å². The van der Waals surface area contributed by atoms with Gasteiger partial charge in [0, 0.05) is 29.4 Å². The lowest BCUT2D eigenvalue weighted by Gasteiger charge is -2.61. The molecule has 3 saturated carbocycles. The lowest BCUT2D eigenvalue weighted by atomic mass is 9.44. The van der Waals surface area contributed by atoms with E-state index in [1.165, 1.54) is 0 Å². The molecule has 3 aliphatic rings. The number of nitrogens with two attached hydrogens (primary N) is 2. The number of carbonyl (C=O) groups excluding carboxylic acids is 4. The molecular formula is C28H39N5O7. The molecule has 3 aliphatic carbocycles. The van der Waals surface area contributed by atoms with Crippen LogP contribution in [0.25, 0.3) is 0 Å². The first-order valence-electron chi connectivity index (χ1n) is 13.6. The number of nitrogens with zero attached hydrogens (tertiary/aromatic N) is 2. The topological polar surface area (TPSA) is 197 Å². The molecule has 4 rings (SSSR count). The number of hydrogen-bond acceptors (Lipinski definition) is 10. The number of ether oxygens (including phenoxy) is 2. The molecule has 0 aromatic carbocycles. The van der Waals surface area contributed by atoms with E-state index in [2.05, 4.69) is 28.8 Å². The third-order valence-electron chi connectivity index (χ3n) is 10.2. The van der Waals surface area contributed by atoms with E-state index < -0.39 is 59.1 Å². The van der Waals surface area contributed by atoms with Crippen LogP contribution in [-0.2, 0) is 20.9 Å². The smallest absolute Gasteiger partial charge is 0.417 e. The van der Waals surface area contributed by atoms with Crippen LogP contribution in [0.15, 0.2) is 18.9 Å². The molecule has 2 bridgehead atoms. The Balaban J connectivity index is 1.54. The summed E-state index contributed by atoms with van der Waals surface area (Å²) in [6.07, 6.45) is 2.04. The zero-order chi connectivity index (χ0) is 29.6. The van der Waals surface area contributed by atoms with Gasteiger partial charge in [-0.25, -0.2) is 24.9 Å². The Kier molecular flexibility index (Phi) is 7.70. The third-order valence-corrected chi connectivity index (χ3v) is 10.2. The van der Waals surface area contributed by atoms with Crippen molar-refractivity contribution in [3.8, 4) is 0 Å². The number of nitrogens with one attached hydrogen (secondary N) is 1. The molecule has 40 heavy (non-hydrogen) atoms. The van der Waals surface area contributed by atoms with Crippen molar-refractivity contribution in [1.29, 1.82) is 0 Å². The number of ketones is 1. The molecule has 0 spiro atoms. The predicted octanol–water partition coefficient (Wildman–Crippen LogP) is 2.88. The van der Waals surface area contributed by atoms with Crippen LogP contribution in [0, 0.1) is 34.0 Å². The van der Waals surface area contributed by atoms with Crippen LogP contribution in [-0.4, -0.2) is 51.2 Å². The molecule has 8 atom stereocenters. The number of Topliss-reactive ketones (excluding diaryl/α,β-unsaturated/α-hetero) is 1. The van der Waals surface area contributed by atoms with E-state index in [1.54, 1.807) is 6.08 Å². The molecule has 3 amide bonds. The highest BCUT2D eigenvalue weighted by Gasteiger charge is 2.68. The van der Waals surface area contributed by atoms with Gasteiger partial charge in [-0.3, -0.25) is 9.59 Å². The maximum atomic E-state index is 13.4. The zero-order valence-corrected chi connectivity index (χ0v) is 23.4. The fourth-order valence-corrected chi connectivity index (χ4v) is 7.60. The highest BCUT2D eigenvalue weighted by Crippen LogP contribution is 2.67. The molecule has 1 aromatic rings. The summed E-state index contributed by atoms with van der Waals surface area (Å²) < 4.78 is 11.0. The molecule has 12 nitrogen and oxygen atoms in total. The van der Waals surface area contributed by atoms with Gasteiger partial charge in [0.25, 0.3) is 5.91 Å². The van der Waals surface area contributed by atoms with Crippen LogP contribution in [0.5, 0.6) is 0 Å². The van der Waals surface area contributed by atoms with Crippen molar-refractivity contribution in [2.45, 2.75) is 78.6 Å². The number of carbonyl (C=O) groups is 4. The summed E-state index contributed by atoms with van der Waals surface area (Å²) in [7, 11) is 0. The number of alkyl carbamates (subject to hydrolysis) is 2. The van der Waals surface area contributed by atoms with E-state index in [0.717, 1.165) is 19.0 Å². The second-order valence-electron chi connectivity index (χ2n) is 12.1. The van der Waals surface area contributed by atoms with E-state index in [9.17, 15) is 24.3 Å². The van der Waals surface area contributed by atoms with Crippen molar-refractivity contribution in [2.75, 3.05) is 5.73 Å². The van der Waals surface area contributed by atoms with E-state index in [-0.39, 0.29) is 41.2 Å². The van der Waals surface area contributed by atoms with Crippen molar-refractivity contribution < 1.29 is 33.8 Å². The van der Waals surface area contributed by atoms with Crippen LogP contribution in [0.3, 0.4) is 0 Å². The summed E-state index contributed by atoms with van der Waals surface area (Å²) >= 11 is 0. The first kappa shape index (κ1) is 29.4. The molecule has 12 heteroatoms. The Morgan fingerprint density at radius 2 is 1.95 bits per heavy atom. The van der Waals surface area contributed by atoms with Gasteiger partial charge in [-0.2, -0.15) is 0 Å². The molecule has 6 N–H and O–H groups in total. The van der Waals surface area contributed by atoms with E-state index in [1.807, 2.05) is 20.8 Å². The minimum atomic E-state index is -1.11. The molecule has 1 heterocycles. The number of rotatable bonds is 5. The van der Waals surface area contributed by atoms with Crippen molar-refractivity contribution in [1.82, 2.24) is 15.3 Å². The Morgan fingerprint density at radius 3 is 2.58 bits per heavy atom. The van der Waals surface area contributed by atoms with E-state index >= 15 is 0 Å². The third kappa shape index (κ3) is 4.71. The first-order chi connectivity index (χ1) is 18.7. The number of aromatic nitrogens is 2. The highest BCUT2D eigenvalue weighted by molar-refractivity contribution is 5.96. The number of amides is 3. The van der Waals surface area contributed by atoms with Gasteiger partial charge in [0.15, 0.2) is 12.4 Å². The van der Waals surface area contributed by atoms with Gasteiger partial charge in [0.1, 0.15) is 17.7 Å². The Bertz CT molecular complexity index is 1240. The summed E-state index contributed by atoms with van der Waals surface area (Å²) in [6, 6.07) is 0. The van der Waals surface area contributed by atoms with Gasteiger partial charge in [0.2, 0.25) is 0 Å². The second-order valence-corrected chi connectivity index (χ2v) is 12.1. The van der Waals surface area contributed by atoms with Crippen LogP contribution in [0.4, 0.5) is 15.4 Å². The summed E-state index contributed by atoms with van der Waals surface area (Å²) in [5.74, 6) is -1.35. The predicted molar refractivity (Wildman–Crippen MR) is 143 cm³/mol. The average Bonchev–Trinajstić information content (AvgIpc) is 3.25. The summed E-state index contributed by atoms with van der Waals surface area (Å²) in [5.41, 5.74) is 8.84. The Hall–Kier alpha value is -3.54. The molecular weight excluding hydrogens is 518 g/mol. The number of aliphatic hydroxyl groups is 1. The van der Waals surface area contributed by atoms with Gasteiger partial charge in [-0.15, -0.1) is 6.58 Å². The fourth-order valence-electron chi connectivity index (χ4n) is 7.60. The van der Waals surface area contributed by atoms with Gasteiger partial charge < -0.3 is 26.0 Å². The van der Waals surface area contributed by atoms with Crippen molar-refractivity contribution in [3.05, 3.63) is 30.2 Å². The largest absolute Gasteiger partial charge is 0.445 e. The number of anilines is 1. The normalized spacial score (nSPS) is 36.9.